The van der Waals surface area contributed by atoms with Crippen molar-refractivity contribution >= 4 is 0 Å². The minimum absolute atomic E-state index is 1.23. The Kier molecular flexibility index (Phi) is 3.41. The van der Waals surface area contributed by atoms with Crippen molar-refractivity contribution in [3.63, 3.8) is 0 Å². The summed E-state index contributed by atoms with van der Waals surface area (Å²) in [5.74, 6) is 0. The molecule has 0 bridgehead atoms. The van der Waals surface area contributed by atoms with E-state index in [2.05, 4.69) is 26.0 Å². The van der Waals surface area contributed by atoms with Gasteiger partial charge in [0, 0.05) is 0 Å². The van der Waals surface area contributed by atoms with Crippen LogP contribution in [0.1, 0.15) is 46.0 Å². The Morgan fingerprint density at radius 2 is 1.91 bits per heavy atom. The highest BCUT2D eigenvalue weighted by molar-refractivity contribution is 5.32. The van der Waals surface area contributed by atoms with E-state index in [1.807, 2.05) is 0 Å². The number of rotatable bonds is 4. The largest absolute Gasteiger partial charge is 0.0772 e. The zero-order valence-corrected chi connectivity index (χ0v) is 7.69. The smallest absolute Gasteiger partial charge is 0.0130 e. The molecule has 0 fully saturated rings. The van der Waals surface area contributed by atoms with Crippen LogP contribution in [0, 0.1) is 0 Å². The van der Waals surface area contributed by atoms with Gasteiger partial charge in [-0.15, -0.1) is 0 Å². The Morgan fingerprint density at radius 3 is 2.55 bits per heavy atom. The third-order valence-electron chi connectivity index (χ3n) is 2.13. The maximum atomic E-state index is 2.40. The Balaban J connectivity index is 2.36. The van der Waals surface area contributed by atoms with Crippen LogP contribution in [0.2, 0.25) is 0 Å². The van der Waals surface area contributed by atoms with Gasteiger partial charge in [-0.05, 0) is 19.3 Å². The van der Waals surface area contributed by atoms with E-state index in [4.69, 9.17) is 0 Å². The van der Waals surface area contributed by atoms with Crippen molar-refractivity contribution in [1.82, 2.24) is 0 Å². The van der Waals surface area contributed by atoms with E-state index in [0.717, 1.165) is 0 Å². The van der Waals surface area contributed by atoms with Crippen molar-refractivity contribution in [3.8, 4) is 0 Å². The fourth-order valence-electron chi connectivity index (χ4n) is 1.60. The summed E-state index contributed by atoms with van der Waals surface area (Å²) in [4.78, 5) is 0. The van der Waals surface area contributed by atoms with Crippen LogP contribution in [0.4, 0.5) is 0 Å². The third-order valence-corrected chi connectivity index (χ3v) is 2.13. The lowest BCUT2D eigenvalue weighted by atomic mass is 10.1. The SMILES string of the molecule is CCCC1=CCC(CCC)=C1. The summed E-state index contributed by atoms with van der Waals surface area (Å²) in [6, 6.07) is 0. The standard InChI is InChI=1S/C11H18/c1-3-5-10-7-8-11(9-10)6-4-2/h7,9H,3-6,8H2,1-2H3. The second kappa shape index (κ2) is 4.38. The molecule has 0 aromatic rings. The summed E-state index contributed by atoms with van der Waals surface area (Å²) in [6.45, 7) is 4.49. The molecule has 0 saturated heterocycles. The first-order valence-electron chi connectivity index (χ1n) is 4.75. The molecule has 0 N–H and O–H groups in total. The van der Waals surface area contributed by atoms with Crippen molar-refractivity contribution in [2.45, 2.75) is 46.0 Å². The van der Waals surface area contributed by atoms with Crippen LogP contribution in [0.5, 0.6) is 0 Å². The quantitative estimate of drug-likeness (QED) is 0.571. The van der Waals surface area contributed by atoms with E-state index >= 15 is 0 Å². The van der Waals surface area contributed by atoms with Crippen LogP contribution in [-0.4, -0.2) is 0 Å². The highest BCUT2D eigenvalue weighted by Crippen LogP contribution is 2.23. The van der Waals surface area contributed by atoms with Gasteiger partial charge in [0.25, 0.3) is 0 Å². The second-order valence-corrected chi connectivity index (χ2v) is 3.29. The Bertz CT molecular complexity index is 172. The predicted molar refractivity (Wildman–Crippen MR) is 50.6 cm³/mol. The summed E-state index contributed by atoms with van der Waals surface area (Å²) >= 11 is 0. The van der Waals surface area contributed by atoms with Crippen LogP contribution in [0.3, 0.4) is 0 Å². The van der Waals surface area contributed by atoms with Gasteiger partial charge in [0.1, 0.15) is 0 Å². The summed E-state index contributed by atoms with van der Waals surface area (Å²) < 4.78 is 0. The number of hydrogen-bond acceptors (Lipinski definition) is 0. The first kappa shape index (κ1) is 8.58. The van der Waals surface area contributed by atoms with E-state index in [-0.39, 0.29) is 0 Å². The van der Waals surface area contributed by atoms with Gasteiger partial charge in [-0.1, -0.05) is 50.0 Å². The van der Waals surface area contributed by atoms with Gasteiger partial charge >= 0.3 is 0 Å². The normalized spacial score (nSPS) is 16.5. The Hall–Kier alpha value is -0.520. The van der Waals surface area contributed by atoms with Gasteiger partial charge in [-0.2, -0.15) is 0 Å². The molecule has 1 aliphatic carbocycles. The molecule has 1 rings (SSSR count). The average Bonchev–Trinajstić information content (AvgIpc) is 2.38. The lowest BCUT2D eigenvalue weighted by molar-refractivity contribution is 0.886. The number of allylic oxidation sites excluding steroid dienone is 4. The van der Waals surface area contributed by atoms with Crippen LogP contribution in [-0.2, 0) is 0 Å². The molecule has 0 atom stereocenters. The molecule has 11 heavy (non-hydrogen) atoms. The van der Waals surface area contributed by atoms with E-state index in [9.17, 15) is 0 Å². The minimum Gasteiger partial charge on any atom is -0.0772 e. The molecule has 62 valence electrons. The molecule has 0 saturated carbocycles. The van der Waals surface area contributed by atoms with Crippen LogP contribution in [0.15, 0.2) is 23.3 Å². The van der Waals surface area contributed by atoms with Crippen molar-refractivity contribution in [1.29, 1.82) is 0 Å². The summed E-state index contributed by atoms with van der Waals surface area (Å²) in [6.07, 6.45) is 11.1. The van der Waals surface area contributed by atoms with E-state index in [1.165, 1.54) is 32.1 Å². The topological polar surface area (TPSA) is 0 Å². The third kappa shape index (κ3) is 2.53. The van der Waals surface area contributed by atoms with Crippen LogP contribution >= 0.6 is 0 Å². The minimum atomic E-state index is 1.23. The summed E-state index contributed by atoms with van der Waals surface area (Å²) in [7, 11) is 0. The van der Waals surface area contributed by atoms with Gasteiger partial charge in [0.05, 0.1) is 0 Å². The highest BCUT2D eigenvalue weighted by Gasteiger charge is 2.03. The summed E-state index contributed by atoms with van der Waals surface area (Å²) in [5.41, 5.74) is 3.20. The van der Waals surface area contributed by atoms with Crippen molar-refractivity contribution < 1.29 is 0 Å². The van der Waals surface area contributed by atoms with Gasteiger partial charge in [-0.25, -0.2) is 0 Å². The van der Waals surface area contributed by atoms with Gasteiger partial charge in [0.15, 0.2) is 0 Å². The molecule has 0 unspecified atom stereocenters. The fourth-order valence-corrected chi connectivity index (χ4v) is 1.60. The molecule has 0 amide bonds. The highest BCUT2D eigenvalue weighted by atomic mass is 14.1. The van der Waals surface area contributed by atoms with Gasteiger partial charge < -0.3 is 0 Å². The maximum absolute atomic E-state index is 2.40. The second-order valence-electron chi connectivity index (χ2n) is 3.29. The average molecular weight is 150 g/mol. The Labute approximate surface area is 70.0 Å². The molecule has 0 aromatic heterocycles. The van der Waals surface area contributed by atoms with Crippen LogP contribution in [0.25, 0.3) is 0 Å². The van der Waals surface area contributed by atoms with Crippen LogP contribution < -0.4 is 0 Å². The molecule has 0 radical (unpaired) electrons. The lowest BCUT2D eigenvalue weighted by Crippen LogP contribution is -1.75. The molecule has 0 nitrogen and oxygen atoms in total. The van der Waals surface area contributed by atoms with Crippen molar-refractivity contribution in [2.24, 2.45) is 0 Å². The summed E-state index contributed by atoms with van der Waals surface area (Å²) in [5, 5.41) is 0. The molecule has 0 aromatic carbocycles. The van der Waals surface area contributed by atoms with Crippen molar-refractivity contribution in [2.75, 3.05) is 0 Å². The van der Waals surface area contributed by atoms with Gasteiger partial charge in [-0.3, -0.25) is 0 Å². The zero-order valence-electron chi connectivity index (χ0n) is 7.69. The Morgan fingerprint density at radius 1 is 1.18 bits per heavy atom. The lowest BCUT2D eigenvalue weighted by Gasteiger charge is -1.95. The first-order chi connectivity index (χ1) is 5.36. The molecule has 0 aliphatic heterocycles. The van der Waals surface area contributed by atoms with E-state index in [0.29, 0.717) is 0 Å². The van der Waals surface area contributed by atoms with Gasteiger partial charge in [0.2, 0.25) is 0 Å². The molecule has 0 heterocycles. The number of hydrogen-bond donors (Lipinski definition) is 0. The van der Waals surface area contributed by atoms with E-state index < -0.39 is 0 Å². The molecular weight excluding hydrogens is 132 g/mol. The molecular formula is C11H18. The van der Waals surface area contributed by atoms with E-state index in [1.54, 1.807) is 11.1 Å². The first-order valence-corrected chi connectivity index (χ1v) is 4.75. The maximum Gasteiger partial charge on any atom is -0.0130 e. The fraction of sp³-hybridized carbons (Fsp3) is 0.636. The monoisotopic (exact) mass is 150 g/mol. The molecule has 0 heteroatoms. The van der Waals surface area contributed by atoms with Crippen molar-refractivity contribution in [3.05, 3.63) is 23.3 Å². The molecule has 0 spiro atoms. The molecule has 1 aliphatic rings. The zero-order chi connectivity index (χ0) is 8.10. The predicted octanol–water partition coefficient (Wildman–Crippen LogP) is 3.84.